The molecule has 16 nitrogen and oxygen atoms in total. The van der Waals surface area contributed by atoms with Gasteiger partial charge in [0.2, 0.25) is 5.75 Å². The molecule has 114 heavy (non-hydrogen) atoms. The monoisotopic (exact) mass is 1610 g/mol. The molecule has 19 heteroatoms. The van der Waals surface area contributed by atoms with Gasteiger partial charge < -0.3 is 37.8 Å². The van der Waals surface area contributed by atoms with E-state index < -0.39 is 45.0 Å². The molecule has 7 aromatic rings. The first-order valence-corrected chi connectivity index (χ1v) is 48.1. The number of unbranched alkanes of at least 4 members (excludes halogenated alkanes) is 42. The first-order chi connectivity index (χ1) is 55.4. The van der Waals surface area contributed by atoms with Gasteiger partial charge in [0.1, 0.15) is 30.4 Å². The fourth-order valence-electron chi connectivity index (χ4n) is 15.8. The standard InChI is InChI=1S/C95H132N4O12S3/c1-4-7-10-13-16-19-22-25-28-31-34-37-40-43-46-69-109-89-72-77(73-90(110-70-47-44-41-38-35-32-29-26-23-20-17-14-11-8-5-2)95(89)111-71-48-45-42-39-36-33-30-27-24-21-18-15-12-9-6-3)94-87-67-65-85(98-87)92(75-51-57-79(58-52-75)113(103,104)105)83-63-61-81(96-83)91(74-49-55-78(56-50-74)112(100,101)102)82-62-64-84(97-82)93(86-66-68-88(94)99-86)76-53-59-80(60-54-76)114(106,107)108/h49-68,72-73,96,99H,4-48,69-71H2,1-3H3,(H,100,101,102)(H,103,104,105)(H,106,107,108)/p-3. The molecule has 622 valence electrons. The number of aromatic amines is 2. The summed E-state index contributed by atoms with van der Waals surface area (Å²) < 4.78 is 133. The predicted molar refractivity (Wildman–Crippen MR) is 466 cm³/mol. The molecule has 2 aliphatic heterocycles. The Bertz CT molecular complexity index is 4510. The molecule has 4 aromatic carbocycles. The van der Waals surface area contributed by atoms with Gasteiger partial charge in [-0.1, -0.05) is 327 Å². The number of aromatic nitrogens is 4. The average Bonchev–Trinajstić information content (AvgIpc) is 1.59. The molecule has 5 heterocycles. The van der Waals surface area contributed by atoms with Gasteiger partial charge in [-0.2, -0.15) is 0 Å². The lowest BCUT2D eigenvalue weighted by Gasteiger charge is -2.19. The molecular formula is C95H129N4O12S3-3. The van der Waals surface area contributed by atoms with Crippen molar-refractivity contribution in [1.82, 2.24) is 19.9 Å². The molecule has 0 spiro atoms. The smallest absolute Gasteiger partial charge is 0.203 e. The SMILES string of the molecule is CCCCCCCCCCCCCCCCCOc1cc(-c2c3nc(c(-c4ccc(S(=O)(=O)[O-])cc4)c4ccc([nH]4)c(-c4ccc(S(=O)(=O)[O-])cc4)c4nc(c(-c5ccc(S(=O)(=O)[O-])cc5)c5ccc2[nH]5)C=C4)C=C3)cc(OCCCCCCCCCCCCCCCCC)c1OCCCCCCCCCCCCCCCCC. The van der Waals surface area contributed by atoms with E-state index in [1.807, 2.05) is 60.7 Å². The lowest BCUT2D eigenvalue weighted by Crippen LogP contribution is -2.07. The van der Waals surface area contributed by atoms with Crippen LogP contribution in [0.2, 0.25) is 0 Å². The molecule has 8 bridgehead atoms. The van der Waals surface area contributed by atoms with Gasteiger partial charge in [-0.05, 0) is 139 Å². The van der Waals surface area contributed by atoms with Gasteiger partial charge in [-0.15, -0.1) is 0 Å². The summed E-state index contributed by atoms with van der Waals surface area (Å²) in [7, 11) is -14.5. The Morgan fingerprint density at radius 3 is 0.684 bits per heavy atom. The highest BCUT2D eigenvalue weighted by Crippen LogP contribution is 2.46. The quantitative estimate of drug-likeness (QED) is 0.0265. The summed E-state index contributed by atoms with van der Waals surface area (Å²) in [5, 5.41) is 0. The topological polar surface area (TPSA) is 257 Å². The largest absolute Gasteiger partial charge is 0.744 e. The molecule has 0 fully saturated rings. The third-order valence-corrected chi connectivity index (χ3v) is 24.9. The fourth-order valence-corrected chi connectivity index (χ4v) is 17.2. The van der Waals surface area contributed by atoms with E-state index in [1.165, 1.54) is 280 Å². The van der Waals surface area contributed by atoms with Gasteiger partial charge in [0.15, 0.2) is 11.5 Å². The molecule has 0 aliphatic carbocycles. The number of H-pyrrole nitrogens is 2. The maximum atomic E-state index is 12.5. The van der Waals surface area contributed by atoms with Gasteiger partial charge in [0, 0.05) is 44.3 Å². The average molecular weight is 1620 g/mol. The Balaban J connectivity index is 1.12. The maximum absolute atomic E-state index is 12.5. The summed E-state index contributed by atoms with van der Waals surface area (Å²) in [6, 6.07) is 28.6. The van der Waals surface area contributed by atoms with E-state index >= 15 is 0 Å². The summed E-state index contributed by atoms with van der Waals surface area (Å²) in [6.07, 6.45) is 63.5. The summed E-state index contributed by atoms with van der Waals surface area (Å²) in [5.41, 5.74) is 8.62. The Morgan fingerprint density at radius 2 is 0.465 bits per heavy atom. The van der Waals surface area contributed by atoms with Crippen LogP contribution in [0, 0.1) is 0 Å². The molecular weight excluding hydrogens is 1490 g/mol. The minimum Gasteiger partial charge on any atom is -0.744 e. The van der Waals surface area contributed by atoms with Crippen molar-refractivity contribution < 1.29 is 53.1 Å². The lowest BCUT2D eigenvalue weighted by atomic mass is 10.0. The van der Waals surface area contributed by atoms with Gasteiger partial charge in [0.25, 0.3) is 0 Å². The molecule has 0 unspecified atom stereocenters. The van der Waals surface area contributed by atoms with Crippen LogP contribution in [0.4, 0.5) is 0 Å². The van der Waals surface area contributed by atoms with Crippen molar-refractivity contribution in [3.8, 4) is 61.8 Å². The fraction of sp³-hybridized carbons (Fsp3) is 0.537. The van der Waals surface area contributed by atoms with Crippen LogP contribution in [0.25, 0.3) is 90.9 Å². The van der Waals surface area contributed by atoms with Crippen molar-refractivity contribution in [3.63, 3.8) is 0 Å². The zero-order chi connectivity index (χ0) is 80.6. The van der Waals surface area contributed by atoms with Gasteiger partial charge in [-0.3, -0.25) is 0 Å². The summed E-state index contributed by atoms with van der Waals surface area (Å²) in [6.45, 7) is 8.19. The highest BCUT2D eigenvalue weighted by Gasteiger charge is 2.24. The van der Waals surface area contributed by atoms with E-state index in [2.05, 4.69) is 30.7 Å². The summed E-state index contributed by atoms with van der Waals surface area (Å²) in [4.78, 5) is 17.0. The molecule has 0 amide bonds. The van der Waals surface area contributed by atoms with Crippen LogP contribution in [-0.4, -0.2) is 78.7 Å². The number of hydrogen-bond acceptors (Lipinski definition) is 14. The number of nitrogens with one attached hydrogen (secondary N) is 2. The molecule has 2 aliphatic rings. The number of rotatable bonds is 58. The second-order valence-corrected chi connectivity index (χ2v) is 35.8. The minimum atomic E-state index is -4.83. The third kappa shape index (κ3) is 29.7. The van der Waals surface area contributed by atoms with Crippen molar-refractivity contribution in [2.24, 2.45) is 0 Å². The first-order valence-electron chi connectivity index (χ1n) is 43.9. The Labute approximate surface area is 683 Å². The Hall–Kier alpha value is -7.39. The van der Waals surface area contributed by atoms with E-state index in [-0.39, 0.29) is 0 Å². The second kappa shape index (κ2) is 49.0. The Kier molecular flexibility index (Phi) is 38.9. The van der Waals surface area contributed by atoms with Crippen LogP contribution < -0.4 is 14.2 Å². The second-order valence-electron chi connectivity index (χ2n) is 31.6. The molecule has 2 N–H and O–H groups in total. The van der Waals surface area contributed by atoms with Gasteiger partial charge >= 0.3 is 0 Å². The molecule has 0 saturated heterocycles. The molecule has 9 rings (SSSR count). The molecule has 0 radical (unpaired) electrons. The van der Waals surface area contributed by atoms with Crippen LogP contribution in [-0.2, 0) is 30.4 Å². The third-order valence-electron chi connectivity index (χ3n) is 22.4. The van der Waals surface area contributed by atoms with E-state index in [4.69, 9.17) is 24.2 Å². The van der Waals surface area contributed by atoms with E-state index in [0.29, 0.717) is 126 Å². The van der Waals surface area contributed by atoms with Crippen LogP contribution in [0.1, 0.15) is 332 Å². The van der Waals surface area contributed by atoms with Gasteiger partial charge in [0.05, 0.1) is 57.3 Å². The number of nitrogens with zero attached hydrogens (tertiary/aromatic N) is 2. The van der Waals surface area contributed by atoms with E-state index in [0.717, 1.165) is 57.8 Å². The first kappa shape index (κ1) is 90.5. The Morgan fingerprint density at radius 1 is 0.263 bits per heavy atom. The van der Waals surface area contributed by atoms with Crippen LogP contribution in [0.15, 0.2) is 124 Å². The molecule has 0 atom stereocenters. The van der Waals surface area contributed by atoms with Crippen molar-refractivity contribution in [3.05, 3.63) is 132 Å². The van der Waals surface area contributed by atoms with E-state index in [9.17, 15) is 38.9 Å². The van der Waals surface area contributed by atoms with Crippen LogP contribution in [0.5, 0.6) is 17.2 Å². The number of hydrogen-bond donors (Lipinski definition) is 2. The lowest BCUT2D eigenvalue weighted by molar-refractivity contribution is 0.234. The highest BCUT2D eigenvalue weighted by molar-refractivity contribution is 7.86. The van der Waals surface area contributed by atoms with Gasteiger partial charge in [-0.25, -0.2) is 35.2 Å². The number of ether oxygens (including phenoxy) is 3. The molecule has 3 aromatic heterocycles. The van der Waals surface area contributed by atoms with Crippen LogP contribution >= 0.6 is 0 Å². The number of fused-ring (bicyclic) bond motifs is 8. The molecule has 0 saturated carbocycles. The normalized spacial score (nSPS) is 12.4. The maximum Gasteiger partial charge on any atom is 0.203 e. The zero-order valence-corrected chi connectivity index (χ0v) is 71.1. The highest BCUT2D eigenvalue weighted by atomic mass is 32.2. The van der Waals surface area contributed by atoms with Crippen LogP contribution in [0.3, 0.4) is 0 Å². The van der Waals surface area contributed by atoms with Crippen molar-refractivity contribution in [2.75, 3.05) is 19.8 Å². The number of benzene rings is 4. The van der Waals surface area contributed by atoms with E-state index in [1.54, 1.807) is 24.3 Å². The minimum absolute atomic E-state index is 0.404. The zero-order valence-electron chi connectivity index (χ0n) is 68.7. The van der Waals surface area contributed by atoms with Crippen molar-refractivity contribution >= 4 is 76.7 Å². The summed E-state index contributed by atoms with van der Waals surface area (Å²) >= 11 is 0. The predicted octanol–water partition coefficient (Wildman–Crippen LogP) is 26.8. The van der Waals surface area contributed by atoms with Crippen molar-refractivity contribution in [2.45, 2.75) is 324 Å². The summed E-state index contributed by atoms with van der Waals surface area (Å²) in [5.74, 6) is 1.66. The van der Waals surface area contributed by atoms with Crippen molar-refractivity contribution in [1.29, 1.82) is 0 Å².